The molecule has 1 unspecified atom stereocenters. The van der Waals surface area contributed by atoms with E-state index in [4.69, 9.17) is 0 Å². The van der Waals surface area contributed by atoms with Crippen LogP contribution in [0.25, 0.3) is 0 Å². The molecule has 1 rings (SSSR count). The topological polar surface area (TPSA) is 77.5 Å². The molecule has 0 saturated carbocycles. The average Bonchev–Trinajstić information content (AvgIpc) is 2.35. The minimum atomic E-state index is -5.02. The number of hydrogen-bond donors (Lipinski definition) is 0. The molecule has 0 N–H and O–H groups in total. The molecule has 0 radical (unpaired) electrons. The summed E-state index contributed by atoms with van der Waals surface area (Å²) in [5, 5.41) is -4.73. The third-order valence-corrected chi connectivity index (χ3v) is 5.08. The predicted molar refractivity (Wildman–Crippen MR) is 69.0 cm³/mol. The van der Waals surface area contributed by atoms with Crippen LogP contribution >= 0.6 is 0 Å². The summed E-state index contributed by atoms with van der Waals surface area (Å²) in [4.78, 5) is -0.344. The zero-order chi connectivity index (χ0) is 16.5. The molecule has 0 spiro atoms. The molecule has 0 fully saturated rings. The average molecular weight is 346 g/mol. The quantitative estimate of drug-likeness (QED) is 0.733. The summed E-state index contributed by atoms with van der Waals surface area (Å²) in [6.07, 6.45) is -3.15. The first-order valence-electron chi connectivity index (χ1n) is 5.55. The van der Waals surface area contributed by atoms with Gasteiger partial charge in [0.2, 0.25) is 16.0 Å². The summed E-state index contributed by atoms with van der Waals surface area (Å²) in [5.74, 6) is 0. The first kappa shape index (κ1) is 17.9. The molecular formula is C11H13F3O5S2. The second kappa shape index (κ2) is 5.93. The van der Waals surface area contributed by atoms with Crippen LogP contribution in [0.2, 0.25) is 0 Å². The molecule has 0 amide bonds. The summed E-state index contributed by atoms with van der Waals surface area (Å²) in [5.41, 5.74) is 0.751. The van der Waals surface area contributed by atoms with Crippen LogP contribution in [0.15, 0.2) is 29.2 Å². The lowest BCUT2D eigenvalue weighted by molar-refractivity contribution is -0.0142. The van der Waals surface area contributed by atoms with Gasteiger partial charge in [-0.25, -0.2) is 12.8 Å². The molecule has 0 aliphatic carbocycles. The van der Waals surface area contributed by atoms with E-state index in [0.29, 0.717) is 0 Å². The van der Waals surface area contributed by atoms with E-state index in [1.165, 1.54) is 12.1 Å². The van der Waals surface area contributed by atoms with Crippen LogP contribution in [-0.4, -0.2) is 41.1 Å². The van der Waals surface area contributed by atoms with E-state index in [-0.39, 0.29) is 11.2 Å². The van der Waals surface area contributed by atoms with Gasteiger partial charge in [0, 0.05) is 6.26 Å². The lowest BCUT2D eigenvalue weighted by Crippen LogP contribution is -2.41. The molecule has 120 valence electrons. The monoisotopic (exact) mass is 346 g/mol. The van der Waals surface area contributed by atoms with Gasteiger partial charge in [0.15, 0.2) is 0 Å². The van der Waals surface area contributed by atoms with Crippen molar-refractivity contribution in [1.29, 1.82) is 0 Å². The molecule has 1 aromatic rings. The molecule has 0 aliphatic rings. The van der Waals surface area contributed by atoms with E-state index < -0.39 is 38.0 Å². The predicted octanol–water partition coefficient (Wildman–Crippen LogP) is 1.68. The fourth-order valence-electron chi connectivity index (χ4n) is 1.25. The van der Waals surface area contributed by atoms with Crippen molar-refractivity contribution >= 4 is 20.0 Å². The second-order valence-electron chi connectivity index (χ2n) is 4.35. The van der Waals surface area contributed by atoms with Gasteiger partial charge in [0.05, 0.1) is 4.90 Å². The van der Waals surface area contributed by atoms with Crippen molar-refractivity contribution in [2.45, 2.75) is 23.2 Å². The molecule has 21 heavy (non-hydrogen) atoms. The van der Waals surface area contributed by atoms with Gasteiger partial charge in [-0.2, -0.15) is 17.2 Å². The fourth-order valence-corrected chi connectivity index (χ4v) is 2.69. The van der Waals surface area contributed by atoms with Crippen LogP contribution in [0.5, 0.6) is 0 Å². The van der Waals surface area contributed by atoms with Crippen molar-refractivity contribution in [1.82, 2.24) is 0 Å². The van der Waals surface area contributed by atoms with E-state index in [1.54, 1.807) is 6.92 Å². The van der Waals surface area contributed by atoms with Crippen LogP contribution in [0.1, 0.15) is 5.56 Å². The zero-order valence-corrected chi connectivity index (χ0v) is 12.7. The Kier molecular flexibility index (Phi) is 5.06. The Bertz CT molecular complexity index is 696. The molecule has 0 bridgehead atoms. The lowest BCUT2D eigenvalue weighted by Gasteiger charge is -2.18. The van der Waals surface area contributed by atoms with E-state index in [2.05, 4.69) is 4.18 Å². The van der Waals surface area contributed by atoms with Gasteiger partial charge in [0.25, 0.3) is 10.1 Å². The highest BCUT2D eigenvalue weighted by Gasteiger charge is 2.51. The van der Waals surface area contributed by atoms with Crippen molar-refractivity contribution < 1.29 is 34.2 Å². The standard InChI is InChI=1S/C11H13F3O5S2/c1-8-3-5-9(6-4-8)21(17,18)19-7-10(12)11(13,14)20(2,15)16/h3-6,10H,7H2,1-2H3. The maximum atomic E-state index is 13.3. The summed E-state index contributed by atoms with van der Waals surface area (Å²) < 4.78 is 88.4. The van der Waals surface area contributed by atoms with Crippen LogP contribution in [0.4, 0.5) is 13.2 Å². The summed E-state index contributed by atoms with van der Waals surface area (Å²) in [6, 6.07) is 5.20. The summed E-state index contributed by atoms with van der Waals surface area (Å²) >= 11 is 0. The van der Waals surface area contributed by atoms with Crippen LogP contribution < -0.4 is 0 Å². The van der Waals surface area contributed by atoms with Crippen LogP contribution in [-0.2, 0) is 24.1 Å². The Hall–Kier alpha value is -1.13. The fraction of sp³-hybridized carbons (Fsp3) is 0.455. The first-order valence-corrected chi connectivity index (χ1v) is 8.85. The largest absolute Gasteiger partial charge is 0.377 e. The Balaban J connectivity index is 2.86. The second-order valence-corrected chi connectivity index (χ2v) is 8.06. The van der Waals surface area contributed by atoms with Crippen molar-refractivity contribution in [3.05, 3.63) is 29.8 Å². The van der Waals surface area contributed by atoms with Gasteiger partial charge in [-0.3, -0.25) is 4.18 Å². The molecule has 0 aromatic heterocycles. The molecule has 10 heteroatoms. The zero-order valence-electron chi connectivity index (χ0n) is 11.1. The molecule has 1 aromatic carbocycles. The van der Waals surface area contributed by atoms with Crippen molar-refractivity contribution in [2.24, 2.45) is 0 Å². The number of rotatable bonds is 6. The number of halogens is 3. The normalized spacial score (nSPS) is 14.9. The smallest absolute Gasteiger partial charge is 0.263 e. The molecule has 5 nitrogen and oxygen atoms in total. The van der Waals surface area contributed by atoms with Gasteiger partial charge in [-0.05, 0) is 19.1 Å². The molecular weight excluding hydrogens is 333 g/mol. The van der Waals surface area contributed by atoms with Gasteiger partial charge < -0.3 is 0 Å². The minimum absolute atomic E-state index is 0.147. The van der Waals surface area contributed by atoms with Crippen molar-refractivity contribution in [3.8, 4) is 0 Å². The SMILES string of the molecule is Cc1ccc(S(=O)(=O)OCC(F)C(F)(F)S(C)(=O)=O)cc1. The molecule has 0 saturated heterocycles. The lowest BCUT2D eigenvalue weighted by atomic mass is 10.2. The number of alkyl halides is 3. The Morgan fingerprint density at radius 3 is 2.05 bits per heavy atom. The Morgan fingerprint density at radius 2 is 1.62 bits per heavy atom. The van der Waals surface area contributed by atoms with Crippen molar-refractivity contribution in [2.75, 3.05) is 12.9 Å². The number of sulfone groups is 1. The van der Waals surface area contributed by atoms with Gasteiger partial charge in [-0.15, -0.1) is 0 Å². The minimum Gasteiger partial charge on any atom is -0.263 e. The summed E-state index contributed by atoms with van der Waals surface area (Å²) in [6.45, 7) is 0.0950. The molecule has 1 atom stereocenters. The Labute approximate surface area is 120 Å². The third-order valence-electron chi connectivity index (χ3n) is 2.54. The number of hydrogen-bond acceptors (Lipinski definition) is 5. The molecule has 0 heterocycles. The van der Waals surface area contributed by atoms with Gasteiger partial charge in [-0.1, -0.05) is 17.7 Å². The number of aryl methyl sites for hydroxylation is 1. The van der Waals surface area contributed by atoms with Gasteiger partial charge >= 0.3 is 5.25 Å². The first-order chi connectivity index (χ1) is 9.38. The van der Waals surface area contributed by atoms with Gasteiger partial charge in [0.1, 0.15) is 6.61 Å². The van der Waals surface area contributed by atoms with Crippen LogP contribution in [0.3, 0.4) is 0 Å². The summed E-state index contributed by atoms with van der Waals surface area (Å²) in [7, 11) is -9.47. The highest BCUT2D eigenvalue weighted by molar-refractivity contribution is 7.91. The van der Waals surface area contributed by atoms with Crippen LogP contribution in [0, 0.1) is 6.92 Å². The third kappa shape index (κ3) is 4.17. The van der Waals surface area contributed by atoms with Crippen molar-refractivity contribution in [3.63, 3.8) is 0 Å². The maximum absolute atomic E-state index is 13.3. The maximum Gasteiger partial charge on any atom is 0.377 e. The van der Waals surface area contributed by atoms with E-state index >= 15 is 0 Å². The van der Waals surface area contributed by atoms with E-state index in [0.717, 1.165) is 17.7 Å². The Morgan fingerprint density at radius 1 is 1.14 bits per heavy atom. The highest BCUT2D eigenvalue weighted by atomic mass is 32.2. The van der Waals surface area contributed by atoms with E-state index in [9.17, 15) is 30.0 Å². The number of benzene rings is 1. The highest BCUT2D eigenvalue weighted by Crippen LogP contribution is 2.28. The molecule has 0 aliphatic heterocycles. The van der Waals surface area contributed by atoms with E-state index in [1.807, 2.05) is 0 Å².